The van der Waals surface area contributed by atoms with E-state index in [1.807, 2.05) is 36.5 Å². The topological polar surface area (TPSA) is 37.4 Å². The van der Waals surface area contributed by atoms with Crippen LogP contribution in [0.2, 0.25) is 5.02 Å². The second-order valence-electron chi connectivity index (χ2n) is 7.29. The summed E-state index contributed by atoms with van der Waals surface area (Å²) in [5.74, 6) is 0.871. The van der Waals surface area contributed by atoms with E-state index in [0.29, 0.717) is 12.6 Å². The molecule has 0 bridgehead atoms. The first-order valence-electron chi connectivity index (χ1n) is 9.50. The van der Waals surface area contributed by atoms with Crippen molar-refractivity contribution in [1.29, 1.82) is 0 Å². The van der Waals surface area contributed by atoms with E-state index in [2.05, 4.69) is 28.7 Å². The molecule has 27 heavy (non-hydrogen) atoms. The fraction of sp³-hybridized carbons (Fsp3) is 0.409. The van der Waals surface area contributed by atoms with Crippen molar-refractivity contribution in [2.24, 2.45) is 0 Å². The van der Waals surface area contributed by atoms with Crippen LogP contribution >= 0.6 is 11.6 Å². The van der Waals surface area contributed by atoms with Gasteiger partial charge in [-0.3, -0.25) is 9.88 Å². The van der Waals surface area contributed by atoms with Gasteiger partial charge in [-0.25, -0.2) is 0 Å². The Kier molecular flexibility index (Phi) is 7.27. The molecule has 0 saturated carbocycles. The van der Waals surface area contributed by atoms with Gasteiger partial charge in [0, 0.05) is 47.7 Å². The maximum absolute atomic E-state index is 6.21. The summed E-state index contributed by atoms with van der Waals surface area (Å²) in [4.78, 5) is 6.61. The van der Waals surface area contributed by atoms with Crippen molar-refractivity contribution in [1.82, 2.24) is 15.2 Å². The SMILES string of the molecule is C=C(C)CN1CCC(NCc2cc(Cl)ccc2OCc2cccnc2)CC1. The van der Waals surface area contributed by atoms with E-state index in [1.54, 1.807) is 6.20 Å². The number of hydrogen-bond donors (Lipinski definition) is 1. The van der Waals surface area contributed by atoms with Crippen LogP contribution < -0.4 is 10.1 Å². The van der Waals surface area contributed by atoms with E-state index >= 15 is 0 Å². The average molecular weight is 386 g/mol. The molecule has 0 spiro atoms. The van der Waals surface area contributed by atoms with Gasteiger partial charge >= 0.3 is 0 Å². The lowest BCUT2D eigenvalue weighted by atomic mass is 10.0. The van der Waals surface area contributed by atoms with Crippen LogP contribution in [0.1, 0.15) is 30.9 Å². The molecular weight excluding hydrogens is 358 g/mol. The number of likely N-dealkylation sites (tertiary alicyclic amines) is 1. The van der Waals surface area contributed by atoms with Crippen LogP contribution in [0.3, 0.4) is 0 Å². The molecule has 0 amide bonds. The van der Waals surface area contributed by atoms with Gasteiger partial charge in [-0.2, -0.15) is 0 Å². The van der Waals surface area contributed by atoms with Gasteiger partial charge in [-0.1, -0.05) is 29.8 Å². The van der Waals surface area contributed by atoms with Gasteiger partial charge in [-0.15, -0.1) is 0 Å². The molecule has 3 rings (SSSR count). The molecule has 0 atom stereocenters. The second-order valence-corrected chi connectivity index (χ2v) is 7.73. The Balaban J connectivity index is 1.53. The quantitative estimate of drug-likeness (QED) is 0.681. The third kappa shape index (κ3) is 6.35. The third-order valence-corrected chi connectivity index (χ3v) is 5.04. The molecule has 1 aliphatic rings. The molecule has 0 unspecified atom stereocenters. The van der Waals surface area contributed by atoms with Crippen molar-refractivity contribution in [3.05, 3.63) is 71.0 Å². The Morgan fingerprint density at radius 1 is 1.33 bits per heavy atom. The molecule has 1 fully saturated rings. The highest BCUT2D eigenvalue weighted by molar-refractivity contribution is 6.30. The van der Waals surface area contributed by atoms with Gasteiger partial charge in [-0.05, 0) is 57.1 Å². The monoisotopic (exact) mass is 385 g/mol. The van der Waals surface area contributed by atoms with Crippen LogP contribution in [0.25, 0.3) is 0 Å². The summed E-state index contributed by atoms with van der Waals surface area (Å²) in [7, 11) is 0. The highest BCUT2D eigenvalue weighted by Crippen LogP contribution is 2.24. The maximum Gasteiger partial charge on any atom is 0.124 e. The Hall–Kier alpha value is -1.88. The summed E-state index contributed by atoms with van der Waals surface area (Å²) in [5.41, 5.74) is 3.38. The molecule has 4 nitrogen and oxygen atoms in total. The van der Waals surface area contributed by atoms with Gasteiger partial charge in [0.1, 0.15) is 12.4 Å². The first kappa shape index (κ1) is 19.9. The van der Waals surface area contributed by atoms with E-state index in [1.165, 1.54) is 5.57 Å². The number of nitrogens with zero attached hydrogens (tertiary/aromatic N) is 2. The Labute approximate surface area is 167 Å². The summed E-state index contributed by atoms with van der Waals surface area (Å²) < 4.78 is 6.02. The number of halogens is 1. The van der Waals surface area contributed by atoms with E-state index in [0.717, 1.165) is 60.9 Å². The molecule has 0 radical (unpaired) electrons. The molecule has 1 aromatic carbocycles. The predicted molar refractivity (Wildman–Crippen MR) is 111 cm³/mol. The van der Waals surface area contributed by atoms with Crippen molar-refractivity contribution in [3.8, 4) is 5.75 Å². The number of hydrogen-bond acceptors (Lipinski definition) is 4. The van der Waals surface area contributed by atoms with Crippen molar-refractivity contribution >= 4 is 11.6 Å². The summed E-state index contributed by atoms with van der Waals surface area (Å²) in [6.07, 6.45) is 5.90. The first-order chi connectivity index (χ1) is 13.1. The molecule has 1 N–H and O–H groups in total. The van der Waals surface area contributed by atoms with Gasteiger partial charge in [0.2, 0.25) is 0 Å². The van der Waals surface area contributed by atoms with E-state index in [-0.39, 0.29) is 0 Å². The van der Waals surface area contributed by atoms with Gasteiger partial charge < -0.3 is 10.1 Å². The van der Waals surface area contributed by atoms with Crippen LogP contribution in [0, 0.1) is 0 Å². The smallest absolute Gasteiger partial charge is 0.124 e. The number of nitrogens with one attached hydrogen (secondary N) is 1. The molecular formula is C22H28ClN3O. The van der Waals surface area contributed by atoms with Crippen molar-refractivity contribution in [3.63, 3.8) is 0 Å². The molecule has 2 aromatic rings. The minimum Gasteiger partial charge on any atom is -0.489 e. The highest BCUT2D eigenvalue weighted by atomic mass is 35.5. The second kappa shape index (κ2) is 9.88. The Morgan fingerprint density at radius 3 is 2.85 bits per heavy atom. The molecule has 0 aliphatic carbocycles. The van der Waals surface area contributed by atoms with Gasteiger partial charge in [0.15, 0.2) is 0 Å². The zero-order chi connectivity index (χ0) is 19.1. The summed E-state index contributed by atoms with van der Waals surface area (Å²) in [6, 6.07) is 10.3. The number of benzene rings is 1. The Morgan fingerprint density at radius 2 is 2.15 bits per heavy atom. The number of aromatic nitrogens is 1. The summed E-state index contributed by atoms with van der Waals surface area (Å²) >= 11 is 6.21. The summed E-state index contributed by atoms with van der Waals surface area (Å²) in [6.45, 7) is 10.6. The van der Waals surface area contributed by atoms with Crippen LogP contribution in [-0.4, -0.2) is 35.6 Å². The fourth-order valence-corrected chi connectivity index (χ4v) is 3.60. The van der Waals surface area contributed by atoms with Crippen LogP contribution in [0.15, 0.2) is 54.9 Å². The third-order valence-electron chi connectivity index (χ3n) is 4.80. The van der Waals surface area contributed by atoms with Crippen LogP contribution in [0.5, 0.6) is 5.75 Å². The van der Waals surface area contributed by atoms with E-state index < -0.39 is 0 Å². The highest BCUT2D eigenvalue weighted by Gasteiger charge is 2.19. The molecule has 1 aliphatic heterocycles. The number of piperidine rings is 1. The van der Waals surface area contributed by atoms with Crippen LogP contribution in [0.4, 0.5) is 0 Å². The Bertz CT molecular complexity index is 742. The zero-order valence-corrected chi connectivity index (χ0v) is 16.7. The van der Waals surface area contributed by atoms with Gasteiger partial charge in [0.25, 0.3) is 0 Å². The van der Waals surface area contributed by atoms with Crippen molar-refractivity contribution < 1.29 is 4.74 Å². The van der Waals surface area contributed by atoms with Crippen LogP contribution in [-0.2, 0) is 13.2 Å². The molecule has 1 saturated heterocycles. The largest absolute Gasteiger partial charge is 0.489 e. The lowest BCUT2D eigenvalue weighted by Crippen LogP contribution is -2.42. The lowest BCUT2D eigenvalue weighted by Gasteiger charge is -2.32. The summed E-state index contributed by atoms with van der Waals surface area (Å²) in [5, 5.41) is 4.41. The average Bonchev–Trinajstić information content (AvgIpc) is 2.67. The maximum atomic E-state index is 6.21. The minimum absolute atomic E-state index is 0.502. The number of rotatable bonds is 8. The number of ether oxygens (including phenoxy) is 1. The minimum atomic E-state index is 0.502. The molecule has 1 aromatic heterocycles. The zero-order valence-electron chi connectivity index (χ0n) is 16.0. The molecule has 2 heterocycles. The van der Waals surface area contributed by atoms with Crippen molar-refractivity contribution in [2.75, 3.05) is 19.6 Å². The van der Waals surface area contributed by atoms with E-state index in [4.69, 9.17) is 16.3 Å². The van der Waals surface area contributed by atoms with Gasteiger partial charge in [0.05, 0.1) is 0 Å². The lowest BCUT2D eigenvalue weighted by molar-refractivity contribution is 0.210. The standard InChI is InChI=1S/C22H28ClN3O/c1-17(2)15-26-10-7-21(8-11-26)25-14-19-12-20(23)5-6-22(19)27-16-18-4-3-9-24-13-18/h3-6,9,12-13,21,25H,1,7-8,10-11,14-16H2,2H3. The first-order valence-corrected chi connectivity index (χ1v) is 9.88. The predicted octanol–water partition coefficient (Wildman–Crippen LogP) is 4.44. The van der Waals surface area contributed by atoms with E-state index in [9.17, 15) is 0 Å². The molecule has 5 heteroatoms. The van der Waals surface area contributed by atoms with Crippen molar-refractivity contribution in [2.45, 2.75) is 39.0 Å². The number of pyridine rings is 1. The molecule has 144 valence electrons. The normalized spacial score (nSPS) is 15.6. The fourth-order valence-electron chi connectivity index (χ4n) is 3.40.